The molecule has 3 rings (SSSR count). The van der Waals surface area contributed by atoms with Crippen molar-refractivity contribution in [2.24, 2.45) is 0 Å². The maximum absolute atomic E-state index is 12.8. The van der Waals surface area contributed by atoms with E-state index in [0.29, 0.717) is 12.0 Å². The summed E-state index contributed by atoms with van der Waals surface area (Å²) in [6.45, 7) is 0. The SMILES string of the molecule is O=C1CC2=C(CCCC2)C(=O)N1c1cccc(C(F)(F)F)c1. The van der Waals surface area contributed by atoms with Gasteiger partial charge in [0.25, 0.3) is 5.91 Å². The van der Waals surface area contributed by atoms with Crippen molar-refractivity contribution in [1.29, 1.82) is 0 Å². The van der Waals surface area contributed by atoms with Crippen molar-refractivity contribution < 1.29 is 22.8 Å². The molecule has 1 aliphatic carbocycles. The molecule has 0 atom stereocenters. The van der Waals surface area contributed by atoms with Crippen molar-refractivity contribution in [1.82, 2.24) is 0 Å². The Balaban J connectivity index is 2.00. The number of anilines is 1. The highest BCUT2D eigenvalue weighted by molar-refractivity contribution is 6.24. The van der Waals surface area contributed by atoms with Crippen molar-refractivity contribution in [3.05, 3.63) is 41.0 Å². The van der Waals surface area contributed by atoms with Crippen LogP contribution >= 0.6 is 0 Å². The normalized spacial score (nSPS) is 19.5. The topological polar surface area (TPSA) is 37.4 Å². The number of amides is 2. The lowest BCUT2D eigenvalue weighted by Crippen LogP contribution is -2.42. The van der Waals surface area contributed by atoms with Crippen molar-refractivity contribution >= 4 is 17.5 Å². The van der Waals surface area contributed by atoms with E-state index in [1.54, 1.807) is 0 Å². The zero-order valence-corrected chi connectivity index (χ0v) is 11.7. The van der Waals surface area contributed by atoms with E-state index in [1.807, 2.05) is 0 Å². The van der Waals surface area contributed by atoms with Crippen LogP contribution in [0.1, 0.15) is 37.7 Å². The van der Waals surface area contributed by atoms with Crippen LogP contribution in [-0.4, -0.2) is 11.8 Å². The highest BCUT2D eigenvalue weighted by Crippen LogP contribution is 2.36. The predicted molar refractivity (Wildman–Crippen MR) is 74.0 cm³/mol. The Hall–Kier alpha value is -2.11. The lowest BCUT2D eigenvalue weighted by atomic mass is 9.86. The number of carbonyl (C=O) groups is 2. The molecule has 0 bridgehead atoms. The van der Waals surface area contributed by atoms with E-state index in [-0.39, 0.29) is 12.1 Å². The van der Waals surface area contributed by atoms with E-state index in [2.05, 4.69) is 0 Å². The van der Waals surface area contributed by atoms with Crippen LogP contribution in [0.5, 0.6) is 0 Å². The van der Waals surface area contributed by atoms with Gasteiger partial charge in [-0.3, -0.25) is 9.59 Å². The second-order valence-electron chi connectivity index (χ2n) is 5.55. The molecule has 0 spiro atoms. The third-order valence-electron chi connectivity index (χ3n) is 4.09. The van der Waals surface area contributed by atoms with Crippen LogP contribution < -0.4 is 4.90 Å². The smallest absolute Gasteiger partial charge is 0.274 e. The highest BCUT2D eigenvalue weighted by atomic mass is 19.4. The first-order valence-electron chi connectivity index (χ1n) is 7.13. The van der Waals surface area contributed by atoms with Crippen LogP contribution in [-0.2, 0) is 15.8 Å². The predicted octanol–water partition coefficient (Wildman–Crippen LogP) is 3.84. The summed E-state index contributed by atoms with van der Waals surface area (Å²) in [5.74, 6) is -0.921. The summed E-state index contributed by atoms with van der Waals surface area (Å²) in [5, 5.41) is 0. The first kappa shape index (κ1) is 14.8. The first-order chi connectivity index (χ1) is 10.4. The first-order valence-corrected chi connectivity index (χ1v) is 7.13. The number of rotatable bonds is 1. The Morgan fingerprint density at radius 1 is 1.05 bits per heavy atom. The Labute approximate surface area is 125 Å². The summed E-state index contributed by atoms with van der Waals surface area (Å²) in [6, 6.07) is 4.35. The molecule has 3 nitrogen and oxygen atoms in total. The second kappa shape index (κ2) is 5.26. The zero-order chi connectivity index (χ0) is 15.9. The summed E-state index contributed by atoms with van der Waals surface area (Å²) in [6.07, 6.45) is -1.25. The number of halogens is 3. The van der Waals surface area contributed by atoms with Crippen LogP contribution in [0.3, 0.4) is 0 Å². The van der Waals surface area contributed by atoms with E-state index in [4.69, 9.17) is 0 Å². The minimum absolute atomic E-state index is 0.0121. The lowest BCUT2D eigenvalue weighted by molar-refractivity contribution is -0.137. The van der Waals surface area contributed by atoms with Gasteiger partial charge in [0.1, 0.15) is 0 Å². The van der Waals surface area contributed by atoms with Crippen LogP contribution in [0, 0.1) is 0 Å². The molecule has 2 amide bonds. The third-order valence-corrected chi connectivity index (χ3v) is 4.09. The number of imide groups is 1. The van der Waals surface area contributed by atoms with Crippen molar-refractivity contribution in [3.63, 3.8) is 0 Å². The van der Waals surface area contributed by atoms with Gasteiger partial charge in [0.05, 0.1) is 11.3 Å². The van der Waals surface area contributed by atoms with Crippen molar-refractivity contribution in [2.75, 3.05) is 4.90 Å². The quantitative estimate of drug-likeness (QED) is 0.739. The molecule has 0 N–H and O–H groups in total. The molecule has 1 aromatic rings. The fraction of sp³-hybridized carbons (Fsp3) is 0.375. The molecule has 0 fully saturated rings. The fourth-order valence-corrected chi connectivity index (χ4v) is 3.01. The Bertz CT molecular complexity index is 676. The molecule has 116 valence electrons. The Morgan fingerprint density at radius 2 is 1.77 bits per heavy atom. The number of carbonyl (C=O) groups excluding carboxylic acids is 2. The van der Waals surface area contributed by atoms with E-state index in [1.165, 1.54) is 12.1 Å². The summed E-state index contributed by atoms with van der Waals surface area (Å²) < 4.78 is 38.4. The molecule has 22 heavy (non-hydrogen) atoms. The maximum atomic E-state index is 12.8. The summed E-state index contributed by atoms with van der Waals surface area (Å²) in [7, 11) is 0. The van der Waals surface area contributed by atoms with Gasteiger partial charge in [0.15, 0.2) is 0 Å². The van der Waals surface area contributed by atoms with Crippen LogP contribution in [0.15, 0.2) is 35.4 Å². The Morgan fingerprint density at radius 3 is 2.50 bits per heavy atom. The number of nitrogens with zero attached hydrogens (tertiary/aromatic N) is 1. The molecule has 2 aliphatic rings. The van der Waals surface area contributed by atoms with E-state index in [9.17, 15) is 22.8 Å². The average Bonchev–Trinajstić information content (AvgIpc) is 2.47. The summed E-state index contributed by atoms with van der Waals surface area (Å²) >= 11 is 0. The standard InChI is InChI=1S/C16H14F3NO2/c17-16(18,19)11-5-3-6-12(9-11)20-14(21)8-10-4-1-2-7-13(10)15(20)22/h3,5-6,9H,1-2,4,7-8H2. The molecular formula is C16H14F3NO2. The molecule has 1 aliphatic heterocycles. The van der Waals surface area contributed by atoms with Crippen LogP contribution in [0.25, 0.3) is 0 Å². The average molecular weight is 309 g/mol. The van der Waals surface area contributed by atoms with Gasteiger partial charge in [-0.2, -0.15) is 13.2 Å². The van der Waals surface area contributed by atoms with Gasteiger partial charge in [-0.05, 0) is 43.9 Å². The fourth-order valence-electron chi connectivity index (χ4n) is 3.01. The van der Waals surface area contributed by atoms with Crippen molar-refractivity contribution in [3.8, 4) is 0 Å². The summed E-state index contributed by atoms with van der Waals surface area (Å²) in [4.78, 5) is 25.6. The van der Waals surface area contributed by atoms with E-state index in [0.717, 1.165) is 41.9 Å². The number of alkyl halides is 3. The molecule has 0 radical (unpaired) electrons. The number of benzene rings is 1. The summed E-state index contributed by atoms with van der Waals surface area (Å²) in [5.41, 5.74) is 0.573. The van der Waals surface area contributed by atoms with Gasteiger partial charge >= 0.3 is 6.18 Å². The maximum Gasteiger partial charge on any atom is 0.416 e. The van der Waals surface area contributed by atoms with Gasteiger partial charge < -0.3 is 0 Å². The molecular weight excluding hydrogens is 295 g/mol. The molecule has 0 saturated carbocycles. The lowest BCUT2D eigenvalue weighted by Gasteiger charge is -2.31. The van der Waals surface area contributed by atoms with Gasteiger partial charge in [0.2, 0.25) is 5.91 Å². The molecule has 6 heteroatoms. The van der Waals surface area contributed by atoms with Gasteiger partial charge in [-0.1, -0.05) is 11.6 Å². The molecule has 0 aromatic heterocycles. The highest BCUT2D eigenvalue weighted by Gasteiger charge is 2.36. The van der Waals surface area contributed by atoms with Crippen LogP contribution in [0.2, 0.25) is 0 Å². The van der Waals surface area contributed by atoms with Crippen LogP contribution in [0.4, 0.5) is 18.9 Å². The largest absolute Gasteiger partial charge is 0.416 e. The van der Waals surface area contributed by atoms with Crippen molar-refractivity contribution in [2.45, 2.75) is 38.3 Å². The van der Waals surface area contributed by atoms with E-state index >= 15 is 0 Å². The second-order valence-corrected chi connectivity index (χ2v) is 5.55. The monoisotopic (exact) mass is 309 g/mol. The Kier molecular flexibility index (Phi) is 3.54. The third kappa shape index (κ3) is 2.53. The molecule has 1 heterocycles. The molecule has 1 aromatic carbocycles. The van der Waals surface area contributed by atoms with Gasteiger partial charge in [-0.25, -0.2) is 4.90 Å². The minimum atomic E-state index is -4.51. The minimum Gasteiger partial charge on any atom is -0.274 e. The van der Waals surface area contributed by atoms with Gasteiger partial charge in [0, 0.05) is 12.0 Å². The molecule has 0 saturated heterocycles. The molecule has 0 unspecified atom stereocenters. The van der Waals surface area contributed by atoms with Gasteiger partial charge in [-0.15, -0.1) is 0 Å². The number of hydrogen-bond acceptors (Lipinski definition) is 2. The number of hydrogen-bond donors (Lipinski definition) is 0. The zero-order valence-electron chi connectivity index (χ0n) is 11.7. The van der Waals surface area contributed by atoms with E-state index < -0.39 is 23.6 Å².